The molecule has 0 N–H and O–H groups in total. The first-order valence-electron chi connectivity index (χ1n) is 17.3. The van der Waals surface area contributed by atoms with Crippen molar-refractivity contribution in [3.05, 3.63) is 181 Å². The Morgan fingerprint density at radius 3 is 1.71 bits per heavy atom. The van der Waals surface area contributed by atoms with Crippen molar-refractivity contribution in [3.8, 4) is 44.5 Å². The third kappa shape index (κ3) is 4.04. The topological polar surface area (TPSA) is 0 Å². The SMILES string of the molecule is CC1(C)c2ccc(-c3c4ccccc4c(-c4ccccc4)c4ccc5c(-c6ccccc6)cccc5c34)cc2-c2cccc3cccc1c23. The fraction of sp³-hybridized carbons (Fsp3) is 0.0612. The molecular formula is C49H34. The zero-order valence-electron chi connectivity index (χ0n) is 27.7. The Morgan fingerprint density at radius 1 is 0.327 bits per heavy atom. The van der Waals surface area contributed by atoms with E-state index >= 15 is 0 Å². The molecule has 0 radical (unpaired) electrons. The third-order valence-electron chi connectivity index (χ3n) is 11.0. The summed E-state index contributed by atoms with van der Waals surface area (Å²) in [5, 5.41) is 10.4. The third-order valence-corrected chi connectivity index (χ3v) is 11.0. The van der Waals surface area contributed by atoms with Gasteiger partial charge in [0.15, 0.2) is 0 Å². The van der Waals surface area contributed by atoms with Crippen LogP contribution in [0.25, 0.3) is 87.6 Å². The largest absolute Gasteiger partial charge is 0.0622 e. The summed E-state index contributed by atoms with van der Waals surface area (Å²) in [6, 6.07) is 63.2. The molecule has 1 aliphatic rings. The summed E-state index contributed by atoms with van der Waals surface area (Å²) in [4.78, 5) is 0. The lowest BCUT2D eigenvalue weighted by Crippen LogP contribution is -2.23. The maximum absolute atomic E-state index is 2.49. The minimum absolute atomic E-state index is 0.111. The standard InChI is InChI=1S/C49H34/c1-49(2)43-29-26-34(30-42(43)40-23-11-18-33-19-12-25-44(49)46(33)40)47-39-21-10-9-20-38(39)45(32-16-7-4-8-17-32)41-28-27-36-35(31-14-5-3-6-15-31)22-13-24-37(36)48(41)47/h3-30H,1-2H3. The van der Waals surface area contributed by atoms with Gasteiger partial charge in [0.1, 0.15) is 0 Å². The Kier molecular flexibility index (Phi) is 6.02. The number of benzene rings is 9. The molecule has 0 amide bonds. The van der Waals surface area contributed by atoms with Crippen molar-refractivity contribution < 1.29 is 0 Å². The number of hydrogen-bond acceptors (Lipinski definition) is 0. The monoisotopic (exact) mass is 622 g/mol. The zero-order valence-corrected chi connectivity index (χ0v) is 27.7. The molecule has 1 aliphatic carbocycles. The Bertz CT molecular complexity index is 2760. The second kappa shape index (κ2) is 10.5. The molecule has 0 heterocycles. The van der Waals surface area contributed by atoms with Crippen molar-refractivity contribution in [1.29, 1.82) is 0 Å². The van der Waals surface area contributed by atoms with Crippen LogP contribution in [0.2, 0.25) is 0 Å². The van der Waals surface area contributed by atoms with E-state index in [4.69, 9.17) is 0 Å². The van der Waals surface area contributed by atoms with Crippen LogP contribution in [0.4, 0.5) is 0 Å². The van der Waals surface area contributed by atoms with Gasteiger partial charge >= 0.3 is 0 Å². The number of fused-ring (bicyclic) bond motifs is 6. The highest BCUT2D eigenvalue weighted by Crippen LogP contribution is 2.52. The molecule has 10 rings (SSSR count). The molecule has 9 aromatic carbocycles. The molecule has 230 valence electrons. The van der Waals surface area contributed by atoms with Crippen LogP contribution in [0.1, 0.15) is 25.0 Å². The molecule has 9 aromatic rings. The maximum Gasteiger partial charge on any atom is 0.0159 e. The lowest BCUT2D eigenvalue weighted by atomic mass is 9.68. The van der Waals surface area contributed by atoms with Gasteiger partial charge in [0.25, 0.3) is 0 Å². The van der Waals surface area contributed by atoms with Crippen LogP contribution < -0.4 is 0 Å². The van der Waals surface area contributed by atoms with Gasteiger partial charge < -0.3 is 0 Å². The first kappa shape index (κ1) is 28.1. The van der Waals surface area contributed by atoms with Gasteiger partial charge in [-0.3, -0.25) is 0 Å². The summed E-state index contributed by atoms with van der Waals surface area (Å²) in [5.74, 6) is 0. The molecule has 0 atom stereocenters. The molecule has 0 spiro atoms. The second-order valence-corrected chi connectivity index (χ2v) is 14.0. The highest BCUT2D eigenvalue weighted by Gasteiger charge is 2.33. The average molecular weight is 623 g/mol. The summed E-state index contributed by atoms with van der Waals surface area (Å²) < 4.78 is 0. The smallest absolute Gasteiger partial charge is 0.0159 e. The first-order valence-corrected chi connectivity index (χ1v) is 17.3. The molecule has 0 aromatic heterocycles. The molecule has 0 unspecified atom stereocenters. The van der Waals surface area contributed by atoms with Crippen molar-refractivity contribution in [2.24, 2.45) is 0 Å². The molecule has 0 fully saturated rings. The van der Waals surface area contributed by atoms with Crippen LogP contribution in [0.3, 0.4) is 0 Å². The van der Waals surface area contributed by atoms with Crippen molar-refractivity contribution in [2.45, 2.75) is 19.3 Å². The van der Waals surface area contributed by atoms with Crippen LogP contribution in [-0.4, -0.2) is 0 Å². The lowest BCUT2D eigenvalue weighted by molar-refractivity contribution is 0.645. The molecule has 49 heavy (non-hydrogen) atoms. The van der Waals surface area contributed by atoms with Crippen LogP contribution in [-0.2, 0) is 5.41 Å². The minimum Gasteiger partial charge on any atom is -0.0622 e. The van der Waals surface area contributed by atoms with E-state index in [2.05, 4.69) is 184 Å². The van der Waals surface area contributed by atoms with Crippen molar-refractivity contribution in [3.63, 3.8) is 0 Å². The Balaban J connectivity index is 1.37. The van der Waals surface area contributed by atoms with Crippen LogP contribution in [0, 0.1) is 0 Å². The van der Waals surface area contributed by atoms with E-state index in [0.717, 1.165) is 0 Å². The predicted octanol–water partition coefficient (Wildman–Crippen LogP) is 13.6. The average Bonchev–Trinajstić information content (AvgIpc) is 3.16. The molecule has 0 heteroatoms. The Hall–Kier alpha value is -5.98. The van der Waals surface area contributed by atoms with Gasteiger partial charge in [0.2, 0.25) is 0 Å². The van der Waals surface area contributed by atoms with Crippen LogP contribution in [0.15, 0.2) is 170 Å². The Labute approximate surface area is 286 Å². The highest BCUT2D eigenvalue weighted by molar-refractivity contribution is 6.29. The fourth-order valence-electron chi connectivity index (χ4n) is 8.82. The summed E-state index contributed by atoms with van der Waals surface area (Å²) in [5.41, 5.74) is 12.9. The second-order valence-electron chi connectivity index (χ2n) is 14.0. The molecule has 0 saturated carbocycles. The molecule has 0 bridgehead atoms. The number of hydrogen-bond donors (Lipinski definition) is 0. The normalized spacial score (nSPS) is 13.3. The predicted molar refractivity (Wildman–Crippen MR) is 210 cm³/mol. The maximum atomic E-state index is 2.49. The summed E-state index contributed by atoms with van der Waals surface area (Å²) >= 11 is 0. The summed E-state index contributed by atoms with van der Waals surface area (Å²) in [6.07, 6.45) is 0. The van der Waals surface area contributed by atoms with Crippen molar-refractivity contribution >= 4 is 43.1 Å². The van der Waals surface area contributed by atoms with Gasteiger partial charge in [-0.2, -0.15) is 0 Å². The van der Waals surface area contributed by atoms with Crippen LogP contribution in [0.5, 0.6) is 0 Å². The summed E-state index contributed by atoms with van der Waals surface area (Å²) in [7, 11) is 0. The van der Waals surface area contributed by atoms with Gasteiger partial charge in [0.05, 0.1) is 0 Å². The van der Waals surface area contributed by atoms with Crippen molar-refractivity contribution in [1.82, 2.24) is 0 Å². The first-order chi connectivity index (χ1) is 24.1. The molecule has 0 aliphatic heterocycles. The van der Waals surface area contributed by atoms with Gasteiger partial charge in [-0.05, 0) is 105 Å². The van der Waals surface area contributed by atoms with Gasteiger partial charge in [-0.1, -0.05) is 178 Å². The van der Waals surface area contributed by atoms with Gasteiger partial charge in [0, 0.05) is 5.41 Å². The summed E-state index contributed by atoms with van der Waals surface area (Å²) in [6.45, 7) is 4.77. The zero-order chi connectivity index (χ0) is 32.7. The minimum atomic E-state index is -0.111. The Morgan fingerprint density at radius 2 is 0.939 bits per heavy atom. The van der Waals surface area contributed by atoms with Gasteiger partial charge in [-0.15, -0.1) is 0 Å². The van der Waals surface area contributed by atoms with E-state index in [1.807, 2.05) is 0 Å². The highest BCUT2D eigenvalue weighted by atomic mass is 14.4. The van der Waals surface area contributed by atoms with E-state index in [-0.39, 0.29) is 5.41 Å². The number of rotatable bonds is 3. The molecular weight excluding hydrogens is 589 g/mol. The van der Waals surface area contributed by atoms with E-state index in [0.29, 0.717) is 0 Å². The van der Waals surface area contributed by atoms with Crippen molar-refractivity contribution in [2.75, 3.05) is 0 Å². The quantitative estimate of drug-likeness (QED) is 0.136. The van der Waals surface area contributed by atoms with E-state index in [1.54, 1.807) is 0 Å². The molecule has 0 saturated heterocycles. The van der Waals surface area contributed by atoms with E-state index < -0.39 is 0 Å². The van der Waals surface area contributed by atoms with E-state index in [9.17, 15) is 0 Å². The van der Waals surface area contributed by atoms with E-state index in [1.165, 1.54) is 98.7 Å². The van der Waals surface area contributed by atoms with Crippen LogP contribution >= 0.6 is 0 Å². The fourth-order valence-corrected chi connectivity index (χ4v) is 8.82. The molecule has 0 nitrogen and oxygen atoms in total. The lowest BCUT2D eigenvalue weighted by Gasteiger charge is -2.35. The van der Waals surface area contributed by atoms with Gasteiger partial charge in [-0.25, -0.2) is 0 Å².